The summed E-state index contributed by atoms with van der Waals surface area (Å²) in [5, 5.41) is 31.3. The zero-order valence-electron chi connectivity index (χ0n) is 21.0. The Kier molecular flexibility index (Phi) is 9.95. The molecule has 2 saturated heterocycles. The minimum Gasteiger partial charge on any atom is -0.460 e. The fraction of sp³-hybridized carbons (Fsp3) is 0.885. The molecule has 3 aliphatic rings. The van der Waals surface area contributed by atoms with Crippen LogP contribution in [-0.2, 0) is 23.7 Å². The molecule has 3 N–H and O–H groups in total. The summed E-state index contributed by atoms with van der Waals surface area (Å²) >= 11 is 0. The molecule has 0 saturated carbocycles. The third-order valence-corrected chi connectivity index (χ3v) is 7.70. The van der Waals surface area contributed by atoms with Gasteiger partial charge in [0.2, 0.25) is 0 Å². The SMILES string of the molecule is CC1(C)/C=C/[C@H]2OCC[C@@H](C[C@H]3CCC[C@@H](C[C@@H](O)CC(=O)O[C@@H](CO)CCC[C@@]1(C)O)O3)O2. The second kappa shape index (κ2) is 12.3. The molecule has 0 radical (unpaired) electrons. The number of carbonyl (C=O) groups is 1. The standard InChI is InChI=1S/C26H44O8/c1-25(2)12-9-24-31-13-10-21(34-24)16-20-7-4-6-19(32-20)14-18(28)15-23(29)33-22(17-27)8-5-11-26(25,3)30/h9,12,18-22,24,27-28,30H,4-8,10-11,13-17H2,1-3H3/b12-9+/t18-,19+,20-,21+,22-,24+,26-/m1/s1. The van der Waals surface area contributed by atoms with E-state index in [4.69, 9.17) is 18.9 Å². The van der Waals surface area contributed by atoms with Crippen molar-refractivity contribution in [3.63, 3.8) is 0 Å². The molecular weight excluding hydrogens is 440 g/mol. The first kappa shape index (κ1) is 27.6. The number of aliphatic hydroxyl groups excluding tert-OH is 2. The van der Waals surface area contributed by atoms with Gasteiger partial charge in [-0.3, -0.25) is 4.79 Å². The van der Waals surface area contributed by atoms with Gasteiger partial charge in [-0.15, -0.1) is 0 Å². The number of ether oxygens (including phenoxy) is 4. The number of hydrogen-bond acceptors (Lipinski definition) is 8. The maximum Gasteiger partial charge on any atom is 0.308 e. The van der Waals surface area contributed by atoms with Gasteiger partial charge in [0.25, 0.3) is 0 Å². The van der Waals surface area contributed by atoms with Crippen molar-refractivity contribution < 1.29 is 39.1 Å². The average molecular weight is 485 g/mol. The second-order valence-corrected chi connectivity index (χ2v) is 11.0. The summed E-state index contributed by atoms with van der Waals surface area (Å²) in [4.78, 5) is 12.3. The van der Waals surface area contributed by atoms with E-state index in [1.54, 1.807) is 6.92 Å². The Balaban J connectivity index is 1.73. The van der Waals surface area contributed by atoms with Crippen molar-refractivity contribution in [2.75, 3.05) is 13.2 Å². The van der Waals surface area contributed by atoms with Gasteiger partial charge in [-0.2, -0.15) is 0 Å². The average Bonchev–Trinajstić information content (AvgIpc) is 2.76. The van der Waals surface area contributed by atoms with Gasteiger partial charge < -0.3 is 34.3 Å². The molecule has 0 unspecified atom stereocenters. The van der Waals surface area contributed by atoms with Crippen LogP contribution in [0.1, 0.15) is 85.0 Å². The molecule has 4 bridgehead atoms. The van der Waals surface area contributed by atoms with Crippen LogP contribution in [-0.4, -0.2) is 76.9 Å². The summed E-state index contributed by atoms with van der Waals surface area (Å²) in [6.45, 7) is 6.05. The first-order valence-corrected chi connectivity index (χ1v) is 12.9. The third-order valence-electron chi connectivity index (χ3n) is 7.70. The van der Waals surface area contributed by atoms with Crippen LogP contribution in [0, 0.1) is 5.41 Å². The van der Waals surface area contributed by atoms with Crippen LogP contribution in [0.25, 0.3) is 0 Å². The van der Waals surface area contributed by atoms with Gasteiger partial charge in [-0.1, -0.05) is 19.9 Å². The molecule has 3 rings (SSSR count). The monoisotopic (exact) mass is 484 g/mol. The zero-order valence-corrected chi connectivity index (χ0v) is 21.0. The topological polar surface area (TPSA) is 115 Å². The van der Waals surface area contributed by atoms with Crippen LogP contribution in [0.5, 0.6) is 0 Å². The number of cyclic esters (lactones) is 1. The highest BCUT2D eigenvalue weighted by atomic mass is 16.7. The number of hydrogen-bond donors (Lipinski definition) is 3. The van der Waals surface area contributed by atoms with Gasteiger partial charge in [-0.25, -0.2) is 0 Å². The first-order chi connectivity index (χ1) is 16.1. The lowest BCUT2D eigenvalue weighted by atomic mass is 9.73. The lowest BCUT2D eigenvalue weighted by Crippen LogP contribution is -2.41. The van der Waals surface area contributed by atoms with Crippen LogP contribution in [0.15, 0.2) is 12.2 Å². The molecule has 196 valence electrons. The molecule has 0 aromatic carbocycles. The molecule has 8 nitrogen and oxygen atoms in total. The molecule has 0 amide bonds. The summed E-state index contributed by atoms with van der Waals surface area (Å²) in [5.74, 6) is -0.523. The van der Waals surface area contributed by atoms with E-state index in [2.05, 4.69) is 0 Å². The van der Waals surface area contributed by atoms with Crippen molar-refractivity contribution in [3.05, 3.63) is 12.2 Å². The normalized spacial score (nSPS) is 41.8. The Hall–Kier alpha value is -1.03. The van der Waals surface area contributed by atoms with Gasteiger partial charge >= 0.3 is 5.97 Å². The number of rotatable bonds is 1. The predicted octanol–water partition coefficient (Wildman–Crippen LogP) is 3.01. The van der Waals surface area contributed by atoms with Crippen molar-refractivity contribution in [2.45, 2.75) is 127 Å². The Morgan fingerprint density at radius 1 is 1.00 bits per heavy atom. The highest BCUT2D eigenvalue weighted by Crippen LogP contribution is 2.37. The smallest absolute Gasteiger partial charge is 0.308 e. The van der Waals surface area contributed by atoms with Gasteiger partial charge in [0.15, 0.2) is 6.29 Å². The van der Waals surface area contributed by atoms with E-state index < -0.39 is 35.5 Å². The van der Waals surface area contributed by atoms with E-state index in [9.17, 15) is 20.1 Å². The molecule has 3 aliphatic heterocycles. The Morgan fingerprint density at radius 3 is 2.44 bits per heavy atom. The molecule has 7 atom stereocenters. The molecule has 0 aromatic rings. The van der Waals surface area contributed by atoms with E-state index in [1.807, 2.05) is 26.0 Å². The fourth-order valence-electron chi connectivity index (χ4n) is 5.00. The zero-order chi connectivity index (χ0) is 24.8. The van der Waals surface area contributed by atoms with Gasteiger partial charge in [0, 0.05) is 11.8 Å². The van der Waals surface area contributed by atoms with Crippen LogP contribution >= 0.6 is 0 Å². The summed E-state index contributed by atoms with van der Waals surface area (Å²) in [7, 11) is 0. The van der Waals surface area contributed by atoms with Crippen LogP contribution in [0.4, 0.5) is 0 Å². The van der Waals surface area contributed by atoms with Crippen molar-refractivity contribution in [1.29, 1.82) is 0 Å². The highest BCUT2D eigenvalue weighted by molar-refractivity contribution is 5.70. The first-order valence-electron chi connectivity index (χ1n) is 12.9. The quantitative estimate of drug-likeness (QED) is 0.384. The largest absolute Gasteiger partial charge is 0.460 e. The van der Waals surface area contributed by atoms with Crippen molar-refractivity contribution in [3.8, 4) is 0 Å². The highest BCUT2D eigenvalue weighted by Gasteiger charge is 2.38. The minimum absolute atomic E-state index is 0.0247. The number of aliphatic hydroxyl groups is 3. The number of carbonyl (C=O) groups excluding carboxylic acids is 1. The lowest BCUT2D eigenvalue weighted by Gasteiger charge is -2.39. The van der Waals surface area contributed by atoms with Crippen LogP contribution in [0.2, 0.25) is 0 Å². The maximum atomic E-state index is 12.3. The van der Waals surface area contributed by atoms with Gasteiger partial charge in [-0.05, 0) is 64.4 Å². The Morgan fingerprint density at radius 2 is 1.71 bits per heavy atom. The summed E-state index contributed by atoms with van der Waals surface area (Å²) in [6, 6.07) is 0. The summed E-state index contributed by atoms with van der Waals surface area (Å²) in [6.07, 6.45) is 7.96. The van der Waals surface area contributed by atoms with Crippen molar-refractivity contribution in [2.24, 2.45) is 5.41 Å². The molecular formula is C26H44O8. The van der Waals surface area contributed by atoms with Crippen LogP contribution in [0.3, 0.4) is 0 Å². The third kappa shape index (κ3) is 8.00. The summed E-state index contributed by atoms with van der Waals surface area (Å²) in [5.41, 5.74) is -1.58. The van der Waals surface area contributed by atoms with Gasteiger partial charge in [0.1, 0.15) is 6.10 Å². The molecule has 0 aromatic heterocycles. The molecule has 0 aliphatic carbocycles. The fourth-order valence-corrected chi connectivity index (χ4v) is 5.00. The molecule has 3 heterocycles. The molecule has 34 heavy (non-hydrogen) atoms. The molecule has 2 fully saturated rings. The summed E-state index contributed by atoms with van der Waals surface area (Å²) < 4.78 is 23.6. The lowest BCUT2D eigenvalue weighted by molar-refractivity contribution is -0.199. The van der Waals surface area contributed by atoms with Crippen LogP contribution < -0.4 is 0 Å². The molecule has 8 heteroatoms. The van der Waals surface area contributed by atoms with E-state index in [-0.39, 0.29) is 31.3 Å². The van der Waals surface area contributed by atoms with E-state index in [0.717, 1.165) is 32.1 Å². The van der Waals surface area contributed by atoms with Crippen molar-refractivity contribution in [1.82, 2.24) is 0 Å². The molecule has 0 spiro atoms. The Labute approximate surface area is 203 Å². The predicted molar refractivity (Wildman–Crippen MR) is 126 cm³/mol. The number of esters is 1. The Bertz CT molecular complexity index is 676. The minimum atomic E-state index is -1.02. The van der Waals surface area contributed by atoms with Crippen molar-refractivity contribution >= 4 is 5.97 Å². The van der Waals surface area contributed by atoms with E-state index >= 15 is 0 Å². The van der Waals surface area contributed by atoms with E-state index in [0.29, 0.717) is 32.3 Å². The number of fused-ring (bicyclic) bond motifs is 4. The van der Waals surface area contributed by atoms with E-state index in [1.165, 1.54) is 0 Å². The maximum absolute atomic E-state index is 12.3. The van der Waals surface area contributed by atoms with Gasteiger partial charge in [0.05, 0.1) is 49.7 Å². The second-order valence-electron chi connectivity index (χ2n) is 11.0.